The zero-order valence-corrected chi connectivity index (χ0v) is 24.6. The molecular formula is C27H34BN5O6S. The Morgan fingerprint density at radius 1 is 1.15 bits per heavy atom. The van der Waals surface area contributed by atoms with E-state index in [4.69, 9.17) is 14.0 Å². The number of hydrogen-bond donors (Lipinski definition) is 1. The van der Waals surface area contributed by atoms with Crippen LogP contribution in [0.25, 0.3) is 11.0 Å². The smallest absolute Gasteiger partial charge is 0.399 e. The van der Waals surface area contributed by atoms with Gasteiger partial charge in [-0.15, -0.1) is 4.40 Å². The van der Waals surface area contributed by atoms with Gasteiger partial charge in [0.1, 0.15) is 4.90 Å². The van der Waals surface area contributed by atoms with E-state index in [0.29, 0.717) is 17.6 Å². The highest BCUT2D eigenvalue weighted by atomic mass is 32.2. The number of ether oxygens (including phenoxy) is 1. The van der Waals surface area contributed by atoms with Crippen LogP contribution in [0.15, 0.2) is 55.6 Å². The van der Waals surface area contributed by atoms with E-state index in [2.05, 4.69) is 14.5 Å². The van der Waals surface area contributed by atoms with E-state index in [0.717, 1.165) is 16.6 Å². The average molecular weight is 567 g/mol. The predicted molar refractivity (Wildman–Crippen MR) is 155 cm³/mol. The van der Waals surface area contributed by atoms with Gasteiger partial charge in [-0.1, -0.05) is 18.2 Å². The molecule has 1 fully saturated rings. The Morgan fingerprint density at radius 3 is 2.50 bits per heavy atom. The molecule has 2 aromatic carbocycles. The van der Waals surface area contributed by atoms with Gasteiger partial charge < -0.3 is 19.0 Å². The second kappa shape index (κ2) is 9.98. The molecule has 40 heavy (non-hydrogen) atoms. The summed E-state index contributed by atoms with van der Waals surface area (Å²) in [5.74, 6) is 0.200. The minimum absolute atomic E-state index is 0.0248. The maximum absolute atomic E-state index is 13.2. The molecule has 0 spiro atoms. The van der Waals surface area contributed by atoms with Gasteiger partial charge in [-0.05, 0) is 70.8 Å². The summed E-state index contributed by atoms with van der Waals surface area (Å²) in [7, 11) is -3.12. The summed E-state index contributed by atoms with van der Waals surface area (Å²) in [6.45, 7) is 12.2. The molecule has 0 atom stereocenters. The molecule has 5 rings (SSSR count). The van der Waals surface area contributed by atoms with Gasteiger partial charge >= 0.3 is 12.8 Å². The van der Waals surface area contributed by atoms with Crippen molar-refractivity contribution in [2.45, 2.75) is 63.7 Å². The van der Waals surface area contributed by atoms with E-state index < -0.39 is 28.3 Å². The predicted octanol–water partition coefficient (Wildman–Crippen LogP) is 2.64. The van der Waals surface area contributed by atoms with Crippen LogP contribution in [0, 0.1) is 0 Å². The van der Waals surface area contributed by atoms with Gasteiger partial charge in [-0.2, -0.15) is 13.5 Å². The lowest BCUT2D eigenvalue weighted by Gasteiger charge is -2.32. The van der Waals surface area contributed by atoms with E-state index in [1.165, 1.54) is 5.01 Å². The van der Waals surface area contributed by atoms with Crippen LogP contribution in [0.2, 0.25) is 0 Å². The molecule has 0 amide bonds. The van der Waals surface area contributed by atoms with Crippen LogP contribution >= 0.6 is 0 Å². The van der Waals surface area contributed by atoms with Crippen molar-refractivity contribution in [3.63, 3.8) is 0 Å². The Kier molecular flexibility index (Phi) is 7.06. The Labute approximate surface area is 234 Å². The minimum atomic E-state index is -3.98. The number of amidine groups is 1. The van der Waals surface area contributed by atoms with Crippen molar-refractivity contribution in [3.05, 3.63) is 58.0 Å². The number of aromatic nitrogens is 2. The van der Waals surface area contributed by atoms with E-state index in [-0.39, 0.29) is 29.0 Å². The molecular weight excluding hydrogens is 533 g/mol. The van der Waals surface area contributed by atoms with Crippen LogP contribution < -0.4 is 11.2 Å². The monoisotopic (exact) mass is 567 g/mol. The van der Waals surface area contributed by atoms with Gasteiger partial charge in [0.2, 0.25) is 0 Å². The van der Waals surface area contributed by atoms with Gasteiger partial charge in [0.05, 0.1) is 41.6 Å². The number of rotatable bonds is 7. The molecule has 2 aliphatic rings. The first-order valence-electron chi connectivity index (χ1n) is 13.1. The number of nitrogens with zero attached hydrogens (tertiary/aromatic N) is 4. The molecule has 11 nitrogen and oxygen atoms in total. The number of aromatic amines is 1. The van der Waals surface area contributed by atoms with Crippen LogP contribution in [-0.2, 0) is 24.1 Å². The summed E-state index contributed by atoms with van der Waals surface area (Å²) in [5.41, 5.74) is 1.96. The highest BCUT2D eigenvalue weighted by Crippen LogP contribution is 2.37. The van der Waals surface area contributed by atoms with Crippen molar-refractivity contribution in [2.24, 2.45) is 9.50 Å². The van der Waals surface area contributed by atoms with Crippen molar-refractivity contribution < 1.29 is 22.5 Å². The molecule has 0 saturated carbocycles. The summed E-state index contributed by atoms with van der Waals surface area (Å²) in [4.78, 5) is 15.3. The lowest BCUT2D eigenvalue weighted by molar-refractivity contribution is 0.00578. The van der Waals surface area contributed by atoms with Crippen LogP contribution in [0.1, 0.15) is 58.7 Å². The third-order valence-corrected chi connectivity index (χ3v) is 8.92. The molecule has 0 radical (unpaired) electrons. The normalized spacial score (nSPS) is 19.1. The molecule has 2 aliphatic heterocycles. The Bertz CT molecular complexity index is 1670. The van der Waals surface area contributed by atoms with Crippen LogP contribution in [0.3, 0.4) is 0 Å². The summed E-state index contributed by atoms with van der Waals surface area (Å²) in [5, 5.41) is 6.10. The number of hydrazone groups is 1. The van der Waals surface area contributed by atoms with Crippen molar-refractivity contribution in [1.29, 1.82) is 0 Å². The van der Waals surface area contributed by atoms with Crippen LogP contribution in [-0.4, -0.2) is 73.6 Å². The lowest BCUT2D eigenvalue weighted by atomic mass is 9.79. The summed E-state index contributed by atoms with van der Waals surface area (Å²) in [6.07, 6.45) is 1.61. The standard InChI is InChI=1S/C27H34BN5O6S/c1-17(2)33-22-14-18(8-11-21(22)30-25(33)34)16-29-32(12-13-37-7)24-20-10-9-19(15-23(20)40(35,36)31-24)28-38-26(3,4)27(5,6)39-28/h8-11,14-17H,12-13H2,1-7H3,(H,30,34)/b29-16+. The van der Waals surface area contributed by atoms with Gasteiger partial charge in [0.25, 0.3) is 10.0 Å². The fraction of sp³-hybridized carbons (Fsp3) is 0.444. The average Bonchev–Trinajstić information content (AvgIpc) is 3.43. The number of imidazole rings is 1. The molecule has 3 heterocycles. The van der Waals surface area contributed by atoms with E-state index in [1.54, 1.807) is 36.1 Å². The SMILES string of the molecule is COCCN(/N=C/c1ccc2[nH]c(=O)n(C(C)C)c2c1)C1=NS(=O)(=O)c2cc(B3OC(C)(C)C(C)(C)O3)ccc21. The van der Waals surface area contributed by atoms with Crippen molar-refractivity contribution in [1.82, 2.24) is 14.6 Å². The molecule has 3 aromatic rings. The maximum atomic E-state index is 13.2. The third-order valence-electron chi connectivity index (χ3n) is 7.61. The Morgan fingerprint density at radius 2 is 1.85 bits per heavy atom. The molecule has 1 saturated heterocycles. The molecule has 0 aliphatic carbocycles. The molecule has 1 aromatic heterocycles. The first kappa shape index (κ1) is 28.3. The number of H-pyrrole nitrogens is 1. The molecule has 0 unspecified atom stereocenters. The fourth-order valence-electron chi connectivity index (χ4n) is 4.73. The van der Waals surface area contributed by atoms with Gasteiger partial charge in [-0.25, -0.2) is 9.80 Å². The quantitative estimate of drug-likeness (QED) is 0.264. The van der Waals surface area contributed by atoms with E-state index in [1.807, 2.05) is 59.7 Å². The van der Waals surface area contributed by atoms with Crippen molar-refractivity contribution in [3.8, 4) is 0 Å². The molecule has 212 valence electrons. The Hall–Kier alpha value is -3.26. The van der Waals surface area contributed by atoms with Crippen molar-refractivity contribution in [2.75, 3.05) is 20.3 Å². The lowest BCUT2D eigenvalue weighted by Crippen LogP contribution is -2.41. The fourth-order valence-corrected chi connectivity index (χ4v) is 5.97. The van der Waals surface area contributed by atoms with Crippen LogP contribution in [0.5, 0.6) is 0 Å². The molecule has 0 bridgehead atoms. The first-order valence-corrected chi connectivity index (χ1v) is 14.6. The number of sulfonamides is 1. The number of benzene rings is 2. The van der Waals surface area contributed by atoms with Gasteiger partial charge in [0, 0.05) is 18.7 Å². The number of hydrogen-bond acceptors (Lipinski definition) is 8. The third kappa shape index (κ3) is 4.91. The maximum Gasteiger partial charge on any atom is 0.494 e. The number of nitrogens with one attached hydrogen (secondary N) is 1. The van der Waals surface area contributed by atoms with Crippen molar-refractivity contribution >= 4 is 45.7 Å². The Balaban J connectivity index is 1.48. The summed E-state index contributed by atoms with van der Waals surface area (Å²) in [6, 6.07) is 10.6. The first-order chi connectivity index (χ1) is 18.7. The second-order valence-corrected chi connectivity index (χ2v) is 12.8. The second-order valence-electron chi connectivity index (χ2n) is 11.3. The largest absolute Gasteiger partial charge is 0.494 e. The van der Waals surface area contributed by atoms with Gasteiger partial charge in [-0.3, -0.25) is 4.57 Å². The zero-order valence-electron chi connectivity index (χ0n) is 23.8. The molecule has 1 N–H and O–H groups in total. The summed E-state index contributed by atoms with van der Waals surface area (Å²) < 4.78 is 49.6. The zero-order chi connectivity index (χ0) is 29.0. The highest BCUT2D eigenvalue weighted by molar-refractivity contribution is 7.90. The van der Waals surface area contributed by atoms with Crippen LogP contribution in [0.4, 0.5) is 0 Å². The topological polar surface area (TPSA) is 128 Å². The summed E-state index contributed by atoms with van der Waals surface area (Å²) >= 11 is 0. The van der Waals surface area contributed by atoms with Gasteiger partial charge in [0.15, 0.2) is 5.84 Å². The number of methoxy groups -OCH3 is 1. The van der Waals surface area contributed by atoms with E-state index >= 15 is 0 Å². The minimum Gasteiger partial charge on any atom is -0.399 e. The molecule has 13 heteroatoms. The number of fused-ring (bicyclic) bond motifs is 2. The van der Waals surface area contributed by atoms with E-state index in [9.17, 15) is 13.2 Å². The highest BCUT2D eigenvalue weighted by Gasteiger charge is 2.52.